The fourth-order valence-corrected chi connectivity index (χ4v) is 2.71. The zero-order chi connectivity index (χ0) is 14.4. The van der Waals surface area contributed by atoms with Gasteiger partial charge in [-0.15, -0.1) is 0 Å². The van der Waals surface area contributed by atoms with Crippen LogP contribution in [0.3, 0.4) is 0 Å². The number of benzene rings is 1. The third kappa shape index (κ3) is 5.20. The lowest BCUT2D eigenvalue weighted by Gasteiger charge is -2.12. The van der Waals surface area contributed by atoms with Crippen LogP contribution in [0.5, 0.6) is 5.75 Å². The molecule has 1 rings (SSSR count). The van der Waals surface area contributed by atoms with Crippen molar-refractivity contribution >= 4 is 43.9 Å². The molecule has 0 saturated heterocycles. The number of aliphatic carboxylic acids is 1. The van der Waals surface area contributed by atoms with E-state index in [4.69, 9.17) is 9.84 Å². The van der Waals surface area contributed by atoms with Crippen LogP contribution in [0.4, 0.5) is 0 Å². The highest BCUT2D eigenvalue weighted by atomic mass is 79.9. The number of hydrogen-bond acceptors (Lipinski definition) is 2. The number of rotatable bonds is 6. The number of hydrogen-bond donors (Lipinski definition) is 1. The van der Waals surface area contributed by atoms with Gasteiger partial charge in [0.05, 0.1) is 8.95 Å². The highest BCUT2D eigenvalue weighted by Crippen LogP contribution is 2.35. The average molecular weight is 390 g/mol. The van der Waals surface area contributed by atoms with Crippen molar-refractivity contribution in [2.75, 3.05) is 6.61 Å². The first-order valence-electron chi connectivity index (χ1n) is 5.63. The van der Waals surface area contributed by atoms with Gasteiger partial charge in [0, 0.05) is 6.08 Å². The minimum atomic E-state index is -0.980. The van der Waals surface area contributed by atoms with Gasteiger partial charge in [0.15, 0.2) is 0 Å². The highest BCUT2D eigenvalue weighted by molar-refractivity contribution is 9.11. The van der Waals surface area contributed by atoms with Crippen LogP contribution in [0.25, 0.3) is 6.08 Å². The summed E-state index contributed by atoms with van der Waals surface area (Å²) in [7, 11) is 0. The van der Waals surface area contributed by atoms with Gasteiger partial charge in [0.2, 0.25) is 0 Å². The molecule has 0 spiro atoms. The van der Waals surface area contributed by atoms with E-state index in [1.54, 1.807) is 12.1 Å². The predicted octanol–water partition coefficient (Wildman–Crippen LogP) is 4.65. The van der Waals surface area contributed by atoms with E-state index in [1.807, 2.05) is 6.92 Å². The Hall–Kier alpha value is -1.07. The number of ether oxygens (including phenoxy) is 1. The molecule has 0 heterocycles. The summed E-state index contributed by atoms with van der Waals surface area (Å²) in [6, 6.07) is 3.60. The SMILES string of the molecule is C=C(CC)COc1c(Br)cc(/C=C/C(=O)O)cc1Br. The van der Waals surface area contributed by atoms with E-state index in [0.29, 0.717) is 12.4 Å². The predicted molar refractivity (Wildman–Crippen MR) is 83.4 cm³/mol. The lowest BCUT2D eigenvalue weighted by atomic mass is 10.2. The fraction of sp³-hybridized carbons (Fsp3) is 0.214. The standard InChI is InChI=1S/C14H14Br2O3/c1-3-9(2)8-19-14-11(15)6-10(7-12(14)16)4-5-13(17)18/h4-7H,2-3,8H2,1H3,(H,17,18)/b5-4+. The molecule has 1 aromatic rings. The van der Waals surface area contributed by atoms with Gasteiger partial charge in [0.25, 0.3) is 0 Å². The second-order valence-electron chi connectivity index (χ2n) is 3.88. The second-order valence-corrected chi connectivity index (χ2v) is 5.59. The Labute approximate surface area is 129 Å². The topological polar surface area (TPSA) is 46.5 Å². The van der Waals surface area contributed by atoms with E-state index in [0.717, 1.165) is 32.6 Å². The van der Waals surface area contributed by atoms with Crippen molar-refractivity contribution in [1.82, 2.24) is 0 Å². The smallest absolute Gasteiger partial charge is 0.328 e. The van der Waals surface area contributed by atoms with E-state index in [-0.39, 0.29) is 0 Å². The van der Waals surface area contributed by atoms with E-state index in [1.165, 1.54) is 6.08 Å². The molecular weight excluding hydrogens is 376 g/mol. The molecule has 0 atom stereocenters. The molecule has 0 aliphatic heterocycles. The van der Waals surface area contributed by atoms with Crippen LogP contribution in [0.2, 0.25) is 0 Å². The van der Waals surface area contributed by atoms with Crippen LogP contribution in [-0.2, 0) is 4.79 Å². The first-order valence-corrected chi connectivity index (χ1v) is 7.22. The van der Waals surface area contributed by atoms with E-state index in [9.17, 15) is 4.79 Å². The maximum Gasteiger partial charge on any atom is 0.328 e. The summed E-state index contributed by atoms with van der Waals surface area (Å²) in [5.74, 6) is -0.297. The summed E-state index contributed by atoms with van der Waals surface area (Å²) >= 11 is 6.82. The summed E-state index contributed by atoms with van der Waals surface area (Å²) in [5.41, 5.74) is 1.77. The Morgan fingerprint density at radius 3 is 2.47 bits per heavy atom. The van der Waals surface area contributed by atoms with Crippen molar-refractivity contribution in [2.45, 2.75) is 13.3 Å². The molecular formula is C14H14Br2O3. The third-order valence-corrected chi connectivity index (χ3v) is 3.54. The molecule has 1 aromatic carbocycles. The summed E-state index contributed by atoms with van der Waals surface area (Å²) in [4.78, 5) is 10.5. The average Bonchev–Trinajstić information content (AvgIpc) is 2.34. The van der Waals surface area contributed by atoms with Crippen LogP contribution in [0.15, 0.2) is 39.3 Å². The minimum absolute atomic E-state index is 0.456. The Morgan fingerprint density at radius 1 is 1.42 bits per heavy atom. The van der Waals surface area contributed by atoms with Crippen LogP contribution in [0.1, 0.15) is 18.9 Å². The monoisotopic (exact) mass is 388 g/mol. The largest absolute Gasteiger partial charge is 0.487 e. The number of carbonyl (C=O) groups is 1. The highest BCUT2D eigenvalue weighted by Gasteiger charge is 2.08. The number of carboxylic acid groups (broad SMARTS) is 1. The van der Waals surface area contributed by atoms with Crippen molar-refractivity contribution in [3.63, 3.8) is 0 Å². The van der Waals surface area contributed by atoms with E-state index in [2.05, 4.69) is 38.4 Å². The lowest BCUT2D eigenvalue weighted by Crippen LogP contribution is -2.01. The Bertz CT molecular complexity index is 498. The molecule has 0 bridgehead atoms. The Kier molecular flexibility index (Phi) is 6.31. The van der Waals surface area contributed by atoms with Crippen LogP contribution in [-0.4, -0.2) is 17.7 Å². The third-order valence-electron chi connectivity index (χ3n) is 2.36. The molecule has 1 N–H and O–H groups in total. The Morgan fingerprint density at radius 2 is 2.00 bits per heavy atom. The van der Waals surface area contributed by atoms with Gasteiger partial charge in [-0.3, -0.25) is 0 Å². The maximum absolute atomic E-state index is 10.5. The fourth-order valence-electron chi connectivity index (χ4n) is 1.26. The van der Waals surface area contributed by atoms with Crippen molar-refractivity contribution < 1.29 is 14.6 Å². The molecule has 19 heavy (non-hydrogen) atoms. The first kappa shape index (κ1) is 16.0. The normalized spacial score (nSPS) is 10.7. The molecule has 102 valence electrons. The molecule has 0 aromatic heterocycles. The van der Waals surface area contributed by atoms with Gasteiger partial charge in [-0.2, -0.15) is 0 Å². The lowest BCUT2D eigenvalue weighted by molar-refractivity contribution is -0.131. The van der Waals surface area contributed by atoms with Crippen molar-refractivity contribution in [3.8, 4) is 5.75 Å². The van der Waals surface area contributed by atoms with Crippen LogP contribution in [0, 0.1) is 0 Å². The first-order chi connectivity index (χ1) is 8.93. The van der Waals surface area contributed by atoms with Crippen molar-refractivity contribution in [3.05, 3.63) is 44.9 Å². The van der Waals surface area contributed by atoms with Crippen LogP contribution < -0.4 is 4.74 Å². The van der Waals surface area contributed by atoms with Gasteiger partial charge in [-0.05, 0) is 67.6 Å². The summed E-state index contributed by atoms with van der Waals surface area (Å²) in [6.45, 7) is 6.36. The molecule has 5 heteroatoms. The Balaban J connectivity index is 2.91. The quantitative estimate of drug-likeness (QED) is 0.568. The molecule has 3 nitrogen and oxygen atoms in total. The molecule has 0 aliphatic rings. The molecule has 0 aliphatic carbocycles. The zero-order valence-electron chi connectivity index (χ0n) is 10.5. The van der Waals surface area contributed by atoms with Gasteiger partial charge in [-0.1, -0.05) is 13.5 Å². The van der Waals surface area contributed by atoms with Crippen molar-refractivity contribution in [2.24, 2.45) is 0 Å². The van der Waals surface area contributed by atoms with E-state index < -0.39 is 5.97 Å². The molecule has 0 fully saturated rings. The summed E-state index contributed by atoms with van der Waals surface area (Å²) in [6.07, 6.45) is 3.48. The van der Waals surface area contributed by atoms with Crippen LogP contribution >= 0.6 is 31.9 Å². The van der Waals surface area contributed by atoms with Gasteiger partial charge < -0.3 is 9.84 Å². The second kappa shape index (κ2) is 7.50. The van der Waals surface area contributed by atoms with E-state index >= 15 is 0 Å². The molecule has 0 amide bonds. The maximum atomic E-state index is 10.5. The van der Waals surface area contributed by atoms with Gasteiger partial charge >= 0.3 is 5.97 Å². The van der Waals surface area contributed by atoms with Crippen molar-refractivity contribution in [1.29, 1.82) is 0 Å². The summed E-state index contributed by atoms with van der Waals surface area (Å²) in [5, 5.41) is 8.60. The molecule has 0 unspecified atom stereocenters. The van der Waals surface area contributed by atoms with Gasteiger partial charge in [0.1, 0.15) is 12.4 Å². The number of carboxylic acids is 1. The number of halogens is 2. The molecule has 0 radical (unpaired) electrons. The zero-order valence-corrected chi connectivity index (χ0v) is 13.6. The van der Waals surface area contributed by atoms with Gasteiger partial charge in [-0.25, -0.2) is 4.79 Å². The minimum Gasteiger partial charge on any atom is -0.487 e. The molecule has 0 saturated carbocycles. The summed E-state index contributed by atoms with van der Waals surface area (Å²) < 4.78 is 7.19.